The standard InChI is InChI=1S/C13H19N3O4/c1-14-12-6-5-10(16(18)19)9-11(12)13(17)15(2)7-4-8-20-3/h5-6,9,14H,4,7-8H2,1-3H3. The van der Waals surface area contributed by atoms with E-state index in [0.717, 1.165) is 0 Å². The molecule has 7 nitrogen and oxygen atoms in total. The van der Waals surface area contributed by atoms with E-state index in [1.807, 2.05) is 0 Å². The second-order valence-corrected chi connectivity index (χ2v) is 4.31. The Morgan fingerprint density at radius 2 is 2.20 bits per heavy atom. The molecule has 1 aromatic rings. The fraction of sp³-hybridized carbons (Fsp3) is 0.462. The van der Waals surface area contributed by atoms with Crippen molar-refractivity contribution in [1.29, 1.82) is 0 Å². The number of non-ortho nitro benzene ring substituents is 1. The third kappa shape index (κ3) is 3.92. The molecule has 0 heterocycles. The summed E-state index contributed by atoms with van der Waals surface area (Å²) >= 11 is 0. The number of nitrogens with zero attached hydrogens (tertiary/aromatic N) is 2. The molecular weight excluding hydrogens is 262 g/mol. The van der Waals surface area contributed by atoms with E-state index >= 15 is 0 Å². The van der Waals surface area contributed by atoms with Crippen molar-refractivity contribution >= 4 is 17.3 Å². The van der Waals surface area contributed by atoms with Gasteiger partial charge in [0.2, 0.25) is 0 Å². The molecule has 7 heteroatoms. The van der Waals surface area contributed by atoms with Gasteiger partial charge in [-0.3, -0.25) is 14.9 Å². The van der Waals surface area contributed by atoms with Crippen molar-refractivity contribution in [3.8, 4) is 0 Å². The van der Waals surface area contributed by atoms with Gasteiger partial charge in [0, 0.05) is 52.2 Å². The second kappa shape index (κ2) is 7.44. The largest absolute Gasteiger partial charge is 0.387 e. The summed E-state index contributed by atoms with van der Waals surface area (Å²) in [5.41, 5.74) is 0.762. The van der Waals surface area contributed by atoms with Crippen LogP contribution in [0.4, 0.5) is 11.4 Å². The normalized spacial score (nSPS) is 10.2. The molecule has 0 aliphatic carbocycles. The lowest BCUT2D eigenvalue weighted by atomic mass is 10.1. The third-order valence-electron chi connectivity index (χ3n) is 2.90. The highest BCUT2D eigenvalue weighted by Crippen LogP contribution is 2.23. The van der Waals surface area contributed by atoms with Crippen LogP contribution in [0.15, 0.2) is 18.2 Å². The Morgan fingerprint density at radius 3 is 2.75 bits per heavy atom. The predicted octanol–water partition coefficient (Wildman–Crippen LogP) is 1.74. The number of hydrogen-bond acceptors (Lipinski definition) is 5. The first kappa shape index (κ1) is 15.9. The first-order chi connectivity index (χ1) is 9.51. The summed E-state index contributed by atoms with van der Waals surface area (Å²) in [6, 6.07) is 4.20. The minimum atomic E-state index is -0.513. The number of nitro benzene ring substituents is 1. The van der Waals surface area contributed by atoms with Crippen LogP contribution < -0.4 is 5.32 Å². The fourth-order valence-corrected chi connectivity index (χ4v) is 1.79. The highest BCUT2D eigenvalue weighted by atomic mass is 16.6. The van der Waals surface area contributed by atoms with Crippen LogP contribution in [0.3, 0.4) is 0 Å². The van der Waals surface area contributed by atoms with Gasteiger partial charge in [0.15, 0.2) is 0 Å². The zero-order valence-corrected chi connectivity index (χ0v) is 11.9. The summed E-state index contributed by atoms with van der Waals surface area (Å²) in [5.74, 6) is -0.255. The fourth-order valence-electron chi connectivity index (χ4n) is 1.79. The van der Waals surface area contributed by atoms with E-state index in [9.17, 15) is 14.9 Å². The number of nitro groups is 1. The zero-order valence-electron chi connectivity index (χ0n) is 11.9. The van der Waals surface area contributed by atoms with Gasteiger partial charge in [-0.15, -0.1) is 0 Å². The van der Waals surface area contributed by atoms with E-state index in [4.69, 9.17) is 4.74 Å². The molecule has 0 unspecified atom stereocenters. The lowest BCUT2D eigenvalue weighted by Crippen LogP contribution is -2.29. The van der Waals surface area contributed by atoms with Crippen LogP contribution in [0.2, 0.25) is 0 Å². The molecule has 1 aromatic carbocycles. The van der Waals surface area contributed by atoms with Crippen LogP contribution in [0, 0.1) is 10.1 Å². The Bertz CT molecular complexity index is 491. The maximum Gasteiger partial charge on any atom is 0.270 e. The van der Waals surface area contributed by atoms with Gasteiger partial charge in [0.1, 0.15) is 0 Å². The van der Waals surface area contributed by atoms with Gasteiger partial charge in [-0.05, 0) is 12.5 Å². The second-order valence-electron chi connectivity index (χ2n) is 4.31. The Balaban J connectivity index is 2.94. The van der Waals surface area contributed by atoms with Crippen molar-refractivity contribution in [2.45, 2.75) is 6.42 Å². The number of nitrogens with one attached hydrogen (secondary N) is 1. The van der Waals surface area contributed by atoms with E-state index < -0.39 is 4.92 Å². The molecule has 1 amide bonds. The molecule has 0 spiro atoms. The van der Waals surface area contributed by atoms with Crippen LogP contribution in [-0.4, -0.2) is 50.1 Å². The van der Waals surface area contributed by atoms with E-state index in [0.29, 0.717) is 30.8 Å². The summed E-state index contributed by atoms with van der Waals surface area (Å²) < 4.78 is 4.93. The maximum absolute atomic E-state index is 12.3. The average molecular weight is 281 g/mol. The number of carbonyl (C=O) groups excluding carboxylic acids is 1. The van der Waals surface area contributed by atoms with Gasteiger partial charge in [-0.1, -0.05) is 0 Å². The molecule has 0 aliphatic heterocycles. The molecule has 20 heavy (non-hydrogen) atoms. The number of ether oxygens (including phenoxy) is 1. The molecular formula is C13H19N3O4. The van der Waals surface area contributed by atoms with Crippen molar-refractivity contribution in [2.24, 2.45) is 0 Å². The van der Waals surface area contributed by atoms with Gasteiger partial charge in [-0.2, -0.15) is 0 Å². The van der Waals surface area contributed by atoms with Crippen LogP contribution >= 0.6 is 0 Å². The smallest absolute Gasteiger partial charge is 0.270 e. The average Bonchev–Trinajstić information content (AvgIpc) is 2.45. The molecule has 0 atom stereocenters. The van der Waals surface area contributed by atoms with Crippen LogP contribution in [0.1, 0.15) is 16.8 Å². The Labute approximate surface area is 117 Å². The summed E-state index contributed by atoms with van der Waals surface area (Å²) in [4.78, 5) is 24.1. The number of carbonyl (C=O) groups is 1. The summed E-state index contributed by atoms with van der Waals surface area (Å²) in [5, 5.41) is 13.7. The highest BCUT2D eigenvalue weighted by Gasteiger charge is 2.19. The minimum absolute atomic E-state index is 0.0994. The van der Waals surface area contributed by atoms with E-state index in [1.54, 1.807) is 21.2 Å². The Hall–Kier alpha value is -2.15. The molecule has 0 radical (unpaired) electrons. The number of rotatable bonds is 7. The number of benzene rings is 1. The minimum Gasteiger partial charge on any atom is -0.387 e. The molecule has 110 valence electrons. The monoisotopic (exact) mass is 281 g/mol. The maximum atomic E-state index is 12.3. The van der Waals surface area contributed by atoms with E-state index in [1.165, 1.54) is 23.1 Å². The third-order valence-corrected chi connectivity index (χ3v) is 2.90. The van der Waals surface area contributed by atoms with Crippen LogP contribution in [0.5, 0.6) is 0 Å². The SMILES string of the molecule is CNc1ccc([N+](=O)[O-])cc1C(=O)N(C)CCCOC. The molecule has 1 N–H and O–H groups in total. The van der Waals surface area contributed by atoms with Crippen LogP contribution in [0.25, 0.3) is 0 Å². The highest BCUT2D eigenvalue weighted by molar-refractivity contribution is 6.00. The lowest BCUT2D eigenvalue weighted by molar-refractivity contribution is -0.384. The first-order valence-corrected chi connectivity index (χ1v) is 6.21. The predicted molar refractivity (Wildman–Crippen MR) is 76.1 cm³/mol. The summed E-state index contributed by atoms with van der Waals surface area (Å²) in [6.45, 7) is 1.09. The number of methoxy groups -OCH3 is 1. The molecule has 0 aliphatic rings. The van der Waals surface area contributed by atoms with E-state index in [-0.39, 0.29) is 11.6 Å². The molecule has 0 saturated carbocycles. The van der Waals surface area contributed by atoms with Crippen molar-refractivity contribution in [3.05, 3.63) is 33.9 Å². The van der Waals surface area contributed by atoms with Gasteiger partial charge in [0.05, 0.1) is 10.5 Å². The molecule has 0 fully saturated rings. The molecule has 0 aromatic heterocycles. The Morgan fingerprint density at radius 1 is 1.50 bits per heavy atom. The van der Waals surface area contributed by atoms with Crippen molar-refractivity contribution in [2.75, 3.05) is 39.7 Å². The first-order valence-electron chi connectivity index (χ1n) is 6.21. The number of amides is 1. The summed E-state index contributed by atoms with van der Waals surface area (Å²) in [6.07, 6.45) is 0.711. The topological polar surface area (TPSA) is 84.7 Å². The number of hydrogen-bond donors (Lipinski definition) is 1. The molecule has 1 rings (SSSR count). The van der Waals surface area contributed by atoms with Gasteiger partial charge >= 0.3 is 0 Å². The Kier molecular flexibility index (Phi) is 5.92. The lowest BCUT2D eigenvalue weighted by Gasteiger charge is -2.18. The van der Waals surface area contributed by atoms with Gasteiger partial charge < -0.3 is 15.0 Å². The van der Waals surface area contributed by atoms with Crippen molar-refractivity contribution < 1.29 is 14.5 Å². The number of anilines is 1. The van der Waals surface area contributed by atoms with Crippen molar-refractivity contribution in [1.82, 2.24) is 4.90 Å². The van der Waals surface area contributed by atoms with Gasteiger partial charge in [-0.25, -0.2) is 0 Å². The molecule has 0 saturated heterocycles. The van der Waals surface area contributed by atoms with Gasteiger partial charge in [0.25, 0.3) is 11.6 Å². The quantitative estimate of drug-likeness (QED) is 0.467. The van der Waals surface area contributed by atoms with E-state index in [2.05, 4.69) is 5.32 Å². The van der Waals surface area contributed by atoms with Crippen molar-refractivity contribution in [3.63, 3.8) is 0 Å². The molecule has 0 bridgehead atoms. The van der Waals surface area contributed by atoms with Crippen LogP contribution in [-0.2, 0) is 4.74 Å². The zero-order chi connectivity index (χ0) is 15.1. The summed E-state index contributed by atoms with van der Waals surface area (Å²) in [7, 11) is 4.93.